The fourth-order valence-electron chi connectivity index (χ4n) is 2.09. The summed E-state index contributed by atoms with van der Waals surface area (Å²) in [6.07, 6.45) is 1.43. The summed E-state index contributed by atoms with van der Waals surface area (Å²) in [4.78, 5) is 22.2. The summed E-state index contributed by atoms with van der Waals surface area (Å²) in [6.45, 7) is 2.35. The van der Waals surface area contributed by atoms with E-state index in [0.717, 1.165) is 0 Å². The molecule has 0 spiro atoms. The lowest BCUT2D eigenvalue weighted by atomic mass is 10.2. The first-order chi connectivity index (χ1) is 12.5. The predicted octanol–water partition coefficient (Wildman–Crippen LogP) is 3.53. The Morgan fingerprint density at radius 2 is 2.15 bits per heavy atom. The zero-order valence-electron chi connectivity index (χ0n) is 14.1. The van der Waals surface area contributed by atoms with E-state index >= 15 is 0 Å². The van der Waals surface area contributed by atoms with E-state index in [2.05, 4.69) is 26.5 Å². The van der Waals surface area contributed by atoms with Crippen LogP contribution in [-0.4, -0.2) is 30.8 Å². The standard InChI is InChI=1S/C17H16BrN3O5/c1-3-26-16-14(18)7-11(8-15(16)25-2)10-19-20-17(22)12-5-4-6-13(9-12)21(23)24/h4-10H,3H2,1-2H3,(H,20,22)/b19-10-. The molecule has 2 aromatic carbocycles. The molecule has 0 fully saturated rings. The third kappa shape index (κ3) is 4.79. The molecule has 0 atom stereocenters. The molecule has 2 aromatic rings. The third-order valence-electron chi connectivity index (χ3n) is 3.24. The normalized spacial score (nSPS) is 10.6. The number of carbonyl (C=O) groups excluding carboxylic acids is 1. The van der Waals surface area contributed by atoms with Crippen LogP contribution in [0.1, 0.15) is 22.8 Å². The molecular weight excluding hydrogens is 406 g/mol. The second kappa shape index (κ2) is 8.95. The molecule has 1 N–H and O–H groups in total. The van der Waals surface area contributed by atoms with Gasteiger partial charge in [0.2, 0.25) is 0 Å². The molecule has 2 rings (SSSR count). The van der Waals surface area contributed by atoms with E-state index in [1.165, 1.54) is 37.6 Å². The predicted molar refractivity (Wildman–Crippen MR) is 100 cm³/mol. The molecule has 26 heavy (non-hydrogen) atoms. The van der Waals surface area contributed by atoms with Gasteiger partial charge < -0.3 is 9.47 Å². The second-order valence-corrected chi connectivity index (χ2v) is 5.83. The van der Waals surface area contributed by atoms with Crippen molar-refractivity contribution in [2.45, 2.75) is 6.92 Å². The first-order valence-corrected chi connectivity index (χ1v) is 8.33. The summed E-state index contributed by atoms with van der Waals surface area (Å²) >= 11 is 3.40. The van der Waals surface area contributed by atoms with Crippen molar-refractivity contribution >= 4 is 33.7 Å². The molecule has 0 aliphatic heterocycles. The van der Waals surface area contributed by atoms with Crippen LogP contribution < -0.4 is 14.9 Å². The van der Waals surface area contributed by atoms with Crippen molar-refractivity contribution in [1.29, 1.82) is 0 Å². The quantitative estimate of drug-likeness (QED) is 0.418. The number of nitrogens with one attached hydrogen (secondary N) is 1. The fourth-order valence-corrected chi connectivity index (χ4v) is 2.66. The van der Waals surface area contributed by atoms with E-state index in [0.29, 0.717) is 28.1 Å². The highest BCUT2D eigenvalue weighted by Gasteiger charge is 2.12. The van der Waals surface area contributed by atoms with E-state index in [9.17, 15) is 14.9 Å². The van der Waals surface area contributed by atoms with Crippen LogP contribution in [0.4, 0.5) is 5.69 Å². The summed E-state index contributed by atoms with van der Waals surface area (Å²) in [6, 6.07) is 8.86. The molecule has 0 radical (unpaired) electrons. The van der Waals surface area contributed by atoms with Crippen LogP contribution in [-0.2, 0) is 0 Å². The Kier molecular flexibility index (Phi) is 6.67. The maximum absolute atomic E-state index is 12.0. The zero-order chi connectivity index (χ0) is 19.1. The number of hydrazone groups is 1. The Balaban J connectivity index is 2.13. The topological polar surface area (TPSA) is 103 Å². The van der Waals surface area contributed by atoms with Gasteiger partial charge in [-0.2, -0.15) is 5.10 Å². The van der Waals surface area contributed by atoms with Gasteiger partial charge in [-0.1, -0.05) is 6.07 Å². The summed E-state index contributed by atoms with van der Waals surface area (Å²) < 4.78 is 11.5. The Hall–Kier alpha value is -2.94. The molecule has 0 unspecified atom stereocenters. The van der Waals surface area contributed by atoms with Gasteiger partial charge in [-0.25, -0.2) is 5.43 Å². The number of hydrogen-bond donors (Lipinski definition) is 1. The highest BCUT2D eigenvalue weighted by atomic mass is 79.9. The van der Waals surface area contributed by atoms with Crippen LogP contribution in [0.5, 0.6) is 11.5 Å². The minimum atomic E-state index is -0.566. The SMILES string of the molecule is CCOc1c(Br)cc(/C=N\NC(=O)c2cccc([N+](=O)[O-])c2)cc1OC. The van der Waals surface area contributed by atoms with Crippen LogP contribution >= 0.6 is 15.9 Å². The maximum atomic E-state index is 12.0. The average Bonchev–Trinajstić information content (AvgIpc) is 2.63. The summed E-state index contributed by atoms with van der Waals surface area (Å²) in [5.74, 6) is 0.544. The molecule has 0 bridgehead atoms. The number of nitro benzene ring substituents is 1. The van der Waals surface area contributed by atoms with Crippen molar-refractivity contribution in [2.75, 3.05) is 13.7 Å². The number of amides is 1. The zero-order valence-corrected chi connectivity index (χ0v) is 15.6. The number of ether oxygens (including phenoxy) is 2. The molecule has 0 aliphatic rings. The van der Waals surface area contributed by atoms with Crippen molar-refractivity contribution in [3.63, 3.8) is 0 Å². The van der Waals surface area contributed by atoms with Crippen LogP contribution in [0.2, 0.25) is 0 Å². The minimum Gasteiger partial charge on any atom is -0.493 e. The number of benzene rings is 2. The van der Waals surface area contributed by atoms with Gasteiger partial charge >= 0.3 is 0 Å². The van der Waals surface area contributed by atoms with E-state index in [1.807, 2.05) is 6.92 Å². The van der Waals surface area contributed by atoms with E-state index in [-0.39, 0.29) is 11.3 Å². The van der Waals surface area contributed by atoms with Crippen LogP contribution in [0.25, 0.3) is 0 Å². The van der Waals surface area contributed by atoms with Gasteiger partial charge in [-0.15, -0.1) is 0 Å². The lowest BCUT2D eigenvalue weighted by molar-refractivity contribution is -0.384. The third-order valence-corrected chi connectivity index (χ3v) is 3.83. The highest BCUT2D eigenvalue weighted by molar-refractivity contribution is 9.10. The van der Waals surface area contributed by atoms with Gasteiger partial charge in [0.1, 0.15) is 0 Å². The van der Waals surface area contributed by atoms with Crippen molar-refractivity contribution in [2.24, 2.45) is 5.10 Å². The lowest BCUT2D eigenvalue weighted by Crippen LogP contribution is -2.17. The molecule has 1 amide bonds. The van der Waals surface area contributed by atoms with Gasteiger partial charge in [0, 0.05) is 17.7 Å². The number of hydrogen-bond acceptors (Lipinski definition) is 6. The number of methoxy groups -OCH3 is 1. The minimum absolute atomic E-state index is 0.141. The van der Waals surface area contributed by atoms with Gasteiger partial charge in [0.25, 0.3) is 11.6 Å². The van der Waals surface area contributed by atoms with E-state index in [1.54, 1.807) is 12.1 Å². The van der Waals surface area contributed by atoms with Gasteiger partial charge in [-0.3, -0.25) is 14.9 Å². The fraction of sp³-hybridized carbons (Fsp3) is 0.176. The molecule has 136 valence electrons. The van der Waals surface area contributed by atoms with Gasteiger partial charge in [0.05, 0.1) is 29.3 Å². The van der Waals surface area contributed by atoms with Crippen molar-refractivity contribution < 1.29 is 19.2 Å². The van der Waals surface area contributed by atoms with Gasteiger partial charge in [-0.05, 0) is 46.6 Å². The van der Waals surface area contributed by atoms with Crippen LogP contribution in [0, 0.1) is 10.1 Å². The van der Waals surface area contributed by atoms with Crippen LogP contribution in [0.3, 0.4) is 0 Å². The first kappa shape index (κ1) is 19.4. The molecule has 0 saturated carbocycles. The van der Waals surface area contributed by atoms with Crippen molar-refractivity contribution in [3.8, 4) is 11.5 Å². The molecule has 9 heteroatoms. The molecule has 0 heterocycles. The molecule has 0 saturated heterocycles. The van der Waals surface area contributed by atoms with E-state index < -0.39 is 10.8 Å². The van der Waals surface area contributed by atoms with Crippen molar-refractivity contribution in [1.82, 2.24) is 5.43 Å². The number of non-ortho nitro benzene ring substituents is 1. The van der Waals surface area contributed by atoms with Gasteiger partial charge in [0.15, 0.2) is 11.5 Å². The Morgan fingerprint density at radius 3 is 2.81 bits per heavy atom. The Morgan fingerprint density at radius 1 is 1.38 bits per heavy atom. The summed E-state index contributed by atoms with van der Waals surface area (Å²) in [7, 11) is 1.52. The molecular formula is C17H16BrN3O5. The average molecular weight is 422 g/mol. The number of halogens is 1. The molecule has 0 aromatic heterocycles. The monoisotopic (exact) mass is 421 g/mol. The molecule has 0 aliphatic carbocycles. The lowest BCUT2D eigenvalue weighted by Gasteiger charge is -2.11. The highest BCUT2D eigenvalue weighted by Crippen LogP contribution is 2.36. The summed E-state index contributed by atoms with van der Waals surface area (Å²) in [5.41, 5.74) is 2.97. The maximum Gasteiger partial charge on any atom is 0.271 e. The first-order valence-electron chi connectivity index (χ1n) is 7.54. The Labute approximate surface area is 158 Å². The van der Waals surface area contributed by atoms with E-state index in [4.69, 9.17) is 9.47 Å². The number of rotatable bonds is 7. The molecule has 8 nitrogen and oxygen atoms in total. The Bertz CT molecular complexity index is 854. The summed E-state index contributed by atoms with van der Waals surface area (Å²) in [5, 5.41) is 14.6. The number of nitro groups is 1. The van der Waals surface area contributed by atoms with Crippen LogP contribution in [0.15, 0.2) is 46.0 Å². The van der Waals surface area contributed by atoms with Crippen molar-refractivity contribution in [3.05, 3.63) is 62.1 Å². The second-order valence-electron chi connectivity index (χ2n) is 4.97. The number of carbonyl (C=O) groups is 1. The smallest absolute Gasteiger partial charge is 0.271 e. The number of nitrogens with zero attached hydrogens (tertiary/aromatic N) is 2. The largest absolute Gasteiger partial charge is 0.493 e.